The molecule has 100 valence electrons. The predicted octanol–water partition coefficient (Wildman–Crippen LogP) is 2.75. The van der Waals surface area contributed by atoms with Gasteiger partial charge in [-0.05, 0) is 25.8 Å². The summed E-state index contributed by atoms with van der Waals surface area (Å²) in [6, 6.07) is 10.3. The van der Waals surface area contributed by atoms with Gasteiger partial charge in [-0.1, -0.05) is 30.3 Å². The highest BCUT2D eigenvalue weighted by Crippen LogP contribution is 2.09. The molecule has 0 bridgehead atoms. The smallest absolute Gasteiger partial charge is 0.243 e. The number of aryl methyl sites for hydroxylation is 2. The van der Waals surface area contributed by atoms with Crippen LogP contribution in [0.5, 0.6) is 0 Å². The topological polar surface area (TPSA) is 50.7 Å². The lowest BCUT2D eigenvalue weighted by Gasteiger charge is -2.16. The zero-order chi connectivity index (χ0) is 13.7. The summed E-state index contributed by atoms with van der Waals surface area (Å²) in [4.78, 5) is 4.36. The van der Waals surface area contributed by atoms with Crippen LogP contribution in [0.1, 0.15) is 17.0 Å². The average Bonchev–Trinajstić information content (AvgIpc) is 2.43. The maximum absolute atomic E-state index is 6.00. The Morgan fingerprint density at radius 1 is 1.11 bits per heavy atom. The fourth-order valence-electron chi connectivity index (χ4n) is 1.74. The standard InChI is InChI=1S/C14H17ClN4/c1-10-11(2)18-19-14(16-10)17-13(9-15)8-12-6-4-3-5-7-12/h3-7,13H,8-9H2,1-2H3,(H,16,17,19). The molecule has 5 heteroatoms. The number of benzene rings is 1. The highest BCUT2D eigenvalue weighted by molar-refractivity contribution is 6.18. The Balaban J connectivity index is 2.04. The van der Waals surface area contributed by atoms with Gasteiger partial charge in [0, 0.05) is 11.9 Å². The third-order valence-electron chi connectivity index (χ3n) is 2.94. The Morgan fingerprint density at radius 3 is 2.47 bits per heavy atom. The van der Waals surface area contributed by atoms with Gasteiger partial charge < -0.3 is 5.32 Å². The Morgan fingerprint density at radius 2 is 1.84 bits per heavy atom. The van der Waals surface area contributed by atoms with Gasteiger partial charge in [0.15, 0.2) is 0 Å². The minimum Gasteiger partial charge on any atom is -0.349 e. The molecule has 19 heavy (non-hydrogen) atoms. The van der Waals surface area contributed by atoms with E-state index in [-0.39, 0.29) is 6.04 Å². The van der Waals surface area contributed by atoms with Gasteiger partial charge >= 0.3 is 0 Å². The SMILES string of the molecule is Cc1nnc(NC(CCl)Cc2ccccc2)nc1C. The molecule has 0 aliphatic heterocycles. The van der Waals surface area contributed by atoms with Crippen LogP contribution >= 0.6 is 11.6 Å². The maximum Gasteiger partial charge on any atom is 0.243 e. The van der Waals surface area contributed by atoms with E-state index < -0.39 is 0 Å². The molecule has 4 nitrogen and oxygen atoms in total. The fraction of sp³-hybridized carbons (Fsp3) is 0.357. The van der Waals surface area contributed by atoms with Crippen LogP contribution in [0.15, 0.2) is 30.3 Å². The number of halogens is 1. The molecule has 0 radical (unpaired) electrons. The summed E-state index contributed by atoms with van der Waals surface area (Å²) in [5.41, 5.74) is 2.96. The van der Waals surface area contributed by atoms with Crippen molar-refractivity contribution in [1.82, 2.24) is 15.2 Å². The summed E-state index contributed by atoms with van der Waals surface area (Å²) in [6.45, 7) is 3.81. The lowest BCUT2D eigenvalue weighted by molar-refractivity contribution is 0.767. The van der Waals surface area contributed by atoms with Crippen molar-refractivity contribution in [2.75, 3.05) is 11.2 Å². The van der Waals surface area contributed by atoms with E-state index in [0.29, 0.717) is 11.8 Å². The van der Waals surface area contributed by atoms with E-state index in [9.17, 15) is 0 Å². The zero-order valence-corrected chi connectivity index (χ0v) is 11.9. The molecule has 2 aromatic rings. The van der Waals surface area contributed by atoms with Crippen LogP contribution in [0.25, 0.3) is 0 Å². The Hall–Kier alpha value is -1.68. The van der Waals surface area contributed by atoms with Crippen LogP contribution in [0, 0.1) is 13.8 Å². The Labute approximate surface area is 118 Å². The van der Waals surface area contributed by atoms with Crippen molar-refractivity contribution >= 4 is 17.5 Å². The molecule has 1 unspecified atom stereocenters. The normalized spacial score (nSPS) is 12.2. The van der Waals surface area contributed by atoms with Gasteiger partial charge in [0.25, 0.3) is 0 Å². The van der Waals surface area contributed by atoms with Crippen molar-refractivity contribution in [2.45, 2.75) is 26.3 Å². The van der Waals surface area contributed by atoms with E-state index in [1.54, 1.807) is 0 Å². The van der Waals surface area contributed by atoms with Gasteiger partial charge in [0.1, 0.15) is 0 Å². The summed E-state index contributed by atoms with van der Waals surface area (Å²) >= 11 is 6.00. The molecule has 0 saturated heterocycles. The van der Waals surface area contributed by atoms with Gasteiger partial charge in [0.2, 0.25) is 5.95 Å². The number of rotatable bonds is 5. The molecule has 0 saturated carbocycles. The average molecular weight is 277 g/mol. The molecule has 1 N–H and O–H groups in total. The van der Waals surface area contributed by atoms with E-state index in [1.165, 1.54) is 5.56 Å². The van der Waals surface area contributed by atoms with Crippen molar-refractivity contribution < 1.29 is 0 Å². The first-order valence-electron chi connectivity index (χ1n) is 6.23. The summed E-state index contributed by atoms with van der Waals surface area (Å²) in [7, 11) is 0. The van der Waals surface area contributed by atoms with E-state index in [1.807, 2.05) is 32.0 Å². The van der Waals surface area contributed by atoms with E-state index in [4.69, 9.17) is 11.6 Å². The van der Waals surface area contributed by atoms with Gasteiger partial charge in [0.05, 0.1) is 11.4 Å². The van der Waals surface area contributed by atoms with Crippen molar-refractivity contribution in [3.8, 4) is 0 Å². The van der Waals surface area contributed by atoms with Gasteiger partial charge in [-0.15, -0.1) is 16.7 Å². The van der Waals surface area contributed by atoms with Crippen molar-refractivity contribution in [3.63, 3.8) is 0 Å². The van der Waals surface area contributed by atoms with Crippen molar-refractivity contribution in [2.24, 2.45) is 0 Å². The Bertz CT molecular complexity index is 530. The lowest BCUT2D eigenvalue weighted by Crippen LogP contribution is -2.25. The number of aromatic nitrogens is 3. The quantitative estimate of drug-likeness (QED) is 0.853. The molecule has 0 aliphatic carbocycles. The number of nitrogens with zero attached hydrogens (tertiary/aromatic N) is 3. The number of hydrogen-bond donors (Lipinski definition) is 1. The van der Waals surface area contributed by atoms with E-state index in [2.05, 4.69) is 32.6 Å². The number of alkyl halides is 1. The molecule has 1 aromatic heterocycles. The molecular weight excluding hydrogens is 260 g/mol. The molecule has 1 heterocycles. The van der Waals surface area contributed by atoms with Gasteiger partial charge in [-0.25, -0.2) is 4.98 Å². The predicted molar refractivity (Wildman–Crippen MR) is 77.6 cm³/mol. The second-order valence-corrected chi connectivity index (χ2v) is 4.80. The first-order valence-corrected chi connectivity index (χ1v) is 6.77. The number of hydrogen-bond acceptors (Lipinski definition) is 4. The zero-order valence-electron chi connectivity index (χ0n) is 11.1. The van der Waals surface area contributed by atoms with E-state index in [0.717, 1.165) is 17.8 Å². The van der Waals surface area contributed by atoms with E-state index >= 15 is 0 Å². The first-order chi connectivity index (χ1) is 9.19. The first kappa shape index (κ1) is 13.7. The highest BCUT2D eigenvalue weighted by Gasteiger charge is 2.10. The maximum atomic E-state index is 6.00. The molecule has 0 aliphatic rings. The molecule has 2 rings (SSSR count). The largest absolute Gasteiger partial charge is 0.349 e. The van der Waals surface area contributed by atoms with Crippen LogP contribution in [0.4, 0.5) is 5.95 Å². The molecule has 1 aromatic carbocycles. The van der Waals surface area contributed by atoms with Crippen LogP contribution in [-0.4, -0.2) is 27.1 Å². The molecule has 0 amide bonds. The fourth-order valence-corrected chi connectivity index (χ4v) is 1.93. The third kappa shape index (κ3) is 3.89. The molecular formula is C14H17ClN4. The summed E-state index contributed by atoms with van der Waals surface area (Å²) in [5, 5.41) is 11.3. The van der Waals surface area contributed by atoms with Gasteiger partial charge in [-0.2, -0.15) is 5.10 Å². The third-order valence-corrected chi connectivity index (χ3v) is 3.31. The number of anilines is 1. The van der Waals surface area contributed by atoms with Crippen LogP contribution in [0.3, 0.4) is 0 Å². The van der Waals surface area contributed by atoms with Crippen molar-refractivity contribution in [3.05, 3.63) is 47.3 Å². The summed E-state index contributed by atoms with van der Waals surface area (Å²) < 4.78 is 0. The minimum absolute atomic E-state index is 0.0907. The highest BCUT2D eigenvalue weighted by atomic mass is 35.5. The summed E-state index contributed by atoms with van der Waals surface area (Å²) in [6.07, 6.45) is 0.834. The number of nitrogens with one attached hydrogen (secondary N) is 1. The van der Waals surface area contributed by atoms with Crippen LogP contribution < -0.4 is 5.32 Å². The molecule has 0 spiro atoms. The second-order valence-electron chi connectivity index (χ2n) is 4.49. The van der Waals surface area contributed by atoms with Crippen molar-refractivity contribution in [1.29, 1.82) is 0 Å². The van der Waals surface area contributed by atoms with Crippen LogP contribution in [-0.2, 0) is 6.42 Å². The minimum atomic E-state index is 0.0907. The molecule has 1 atom stereocenters. The monoisotopic (exact) mass is 276 g/mol. The lowest BCUT2D eigenvalue weighted by atomic mass is 10.1. The Kier molecular flexibility index (Phi) is 4.68. The second kappa shape index (κ2) is 6.48. The van der Waals surface area contributed by atoms with Gasteiger partial charge in [-0.3, -0.25) is 0 Å². The molecule has 0 fully saturated rings. The summed E-state index contributed by atoms with van der Waals surface area (Å²) in [5.74, 6) is 1.02. The van der Waals surface area contributed by atoms with Crippen LogP contribution in [0.2, 0.25) is 0 Å².